The molecule has 2 saturated heterocycles. The average molecular weight is 343 g/mol. The number of hydrogen-bond acceptors (Lipinski definition) is 6. The van der Waals surface area contributed by atoms with Crippen LogP contribution in [0.2, 0.25) is 0 Å². The van der Waals surface area contributed by atoms with Gasteiger partial charge < -0.3 is 14.5 Å². The fourth-order valence-electron chi connectivity index (χ4n) is 3.32. The van der Waals surface area contributed by atoms with E-state index >= 15 is 0 Å². The molecule has 0 unspecified atom stereocenters. The maximum atomic E-state index is 12.5. The van der Waals surface area contributed by atoms with Crippen molar-refractivity contribution in [3.63, 3.8) is 0 Å². The summed E-state index contributed by atoms with van der Waals surface area (Å²) in [7, 11) is 1.55. The minimum atomic E-state index is -0.208. The highest BCUT2D eigenvalue weighted by atomic mass is 16.5. The smallest absolute Gasteiger partial charge is 0.327 e. The lowest BCUT2D eigenvalue weighted by Crippen LogP contribution is -2.46. The largest absolute Gasteiger partial charge is 0.383 e. The van der Waals surface area contributed by atoms with E-state index < -0.39 is 0 Å². The molecule has 1 aromatic rings. The van der Waals surface area contributed by atoms with Crippen molar-refractivity contribution in [2.45, 2.75) is 18.9 Å². The second-order valence-electron chi connectivity index (χ2n) is 6.18. The predicted octanol–water partition coefficient (Wildman–Crippen LogP) is 0.833. The number of pyridine rings is 1. The van der Waals surface area contributed by atoms with Crippen LogP contribution in [0, 0.1) is 11.3 Å². The molecule has 2 aliphatic rings. The van der Waals surface area contributed by atoms with E-state index in [0.29, 0.717) is 18.8 Å². The van der Waals surface area contributed by atoms with E-state index in [4.69, 9.17) is 10.00 Å². The lowest BCUT2D eigenvalue weighted by molar-refractivity contribution is -0.125. The molecule has 3 rings (SSSR count). The summed E-state index contributed by atoms with van der Waals surface area (Å²) in [4.78, 5) is 33.8. The summed E-state index contributed by atoms with van der Waals surface area (Å²) >= 11 is 0. The second kappa shape index (κ2) is 7.49. The first-order valence-electron chi connectivity index (χ1n) is 8.35. The Bertz CT molecular complexity index is 677. The number of methoxy groups -OCH3 is 1. The van der Waals surface area contributed by atoms with Crippen LogP contribution in [0.5, 0.6) is 0 Å². The fraction of sp³-hybridized carbons (Fsp3) is 0.529. The van der Waals surface area contributed by atoms with Crippen LogP contribution in [-0.2, 0) is 9.53 Å². The van der Waals surface area contributed by atoms with Crippen molar-refractivity contribution in [2.24, 2.45) is 0 Å². The summed E-state index contributed by atoms with van der Waals surface area (Å²) in [6.07, 6.45) is 3.31. The third-order valence-corrected chi connectivity index (χ3v) is 4.74. The molecule has 0 N–H and O–H groups in total. The zero-order valence-electron chi connectivity index (χ0n) is 14.2. The van der Waals surface area contributed by atoms with Crippen molar-refractivity contribution >= 4 is 17.6 Å². The molecule has 0 aliphatic carbocycles. The fourth-order valence-corrected chi connectivity index (χ4v) is 3.32. The number of amides is 3. The Hall–Kier alpha value is -2.66. The molecule has 3 amide bonds. The molecule has 2 fully saturated rings. The lowest BCUT2D eigenvalue weighted by atomic mass is 10.0. The third kappa shape index (κ3) is 3.56. The predicted molar refractivity (Wildman–Crippen MR) is 89.9 cm³/mol. The van der Waals surface area contributed by atoms with Gasteiger partial charge in [0.2, 0.25) is 5.91 Å². The topological polar surface area (TPSA) is 89.8 Å². The summed E-state index contributed by atoms with van der Waals surface area (Å²) in [5.41, 5.74) is 1.37. The Balaban J connectivity index is 1.58. The highest BCUT2D eigenvalue weighted by Crippen LogP contribution is 2.25. The number of nitrogens with zero attached hydrogens (tertiary/aromatic N) is 5. The van der Waals surface area contributed by atoms with E-state index in [-0.39, 0.29) is 24.5 Å². The molecule has 8 heteroatoms. The van der Waals surface area contributed by atoms with E-state index in [1.165, 1.54) is 4.90 Å². The Morgan fingerprint density at radius 1 is 1.32 bits per heavy atom. The normalized spacial score (nSPS) is 18.8. The minimum absolute atomic E-state index is 0.0755. The van der Waals surface area contributed by atoms with Gasteiger partial charge in [-0.05, 0) is 25.0 Å². The number of imide groups is 1. The molecule has 0 saturated carbocycles. The summed E-state index contributed by atoms with van der Waals surface area (Å²) < 4.78 is 4.96. The molecule has 0 aromatic carbocycles. The van der Waals surface area contributed by atoms with Crippen molar-refractivity contribution in [3.05, 3.63) is 24.0 Å². The maximum Gasteiger partial charge on any atom is 0.327 e. The Morgan fingerprint density at radius 2 is 2.08 bits per heavy atom. The first-order chi connectivity index (χ1) is 12.1. The number of piperidine rings is 1. The van der Waals surface area contributed by atoms with E-state index in [1.54, 1.807) is 24.3 Å². The number of aromatic nitrogens is 1. The summed E-state index contributed by atoms with van der Waals surface area (Å²) in [5.74, 6) is -0.152. The molecule has 0 spiro atoms. The van der Waals surface area contributed by atoms with Crippen molar-refractivity contribution in [1.29, 1.82) is 5.26 Å². The van der Waals surface area contributed by atoms with E-state index in [2.05, 4.69) is 9.88 Å². The Labute approximate surface area is 146 Å². The zero-order chi connectivity index (χ0) is 17.8. The quantitative estimate of drug-likeness (QED) is 0.736. The summed E-state index contributed by atoms with van der Waals surface area (Å²) in [5, 5.41) is 8.81. The van der Waals surface area contributed by atoms with Gasteiger partial charge in [-0.25, -0.2) is 9.78 Å². The van der Waals surface area contributed by atoms with Gasteiger partial charge in [0.05, 0.1) is 25.0 Å². The average Bonchev–Trinajstić information content (AvgIpc) is 2.94. The number of carbonyl (C=O) groups excluding carboxylic acids is 2. The van der Waals surface area contributed by atoms with Gasteiger partial charge in [-0.1, -0.05) is 0 Å². The SMILES string of the molecule is COCCN1C(=O)CN(C2CCN(c3ccc(C#N)nc3)CC2)C1=O. The van der Waals surface area contributed by atoms with Gasteiger partial charge in [-0.15, -0.1) is 0 Å². The summed E-state index contributed by atoms with van der Waals surface area (Å²) in [6.45, 7) is 2.39. The van der Waals surface area contributed by atoms with Crippen molar-refractivity contribution in [1.82, 2.24) is 14.8 Å². The minimum Gasteiger partial charge on any atom is -0.383 e. The standard InChI is InChI=1S/C17H21N5O3/c1-25-9-8-21-16(23)12-22(17(21)24)14-4-6-20(7-5-14)15-3-2-13(10-18)19-11-15/h2-3,11,14H,4-9,12H2,1H3. The number of carbonyl (C=O) groups is 2. The van der Waals surface area contributed by atoms with Gasteiger partial charge in [-0.2, -0.15) is 5.26 Å². The molecule has 0 radical (unpaired) electrons. The number of anilines is 1. The van der Waals surface area contributed by atoms with Crippen LogP contribution in [0.25, 0.3) is 0 Å². The highest BCUT2D eigenvalue weighted by molar-refractivity contribution is 6.02. The first kappa shape index (κ1) is 17.2. The van der Waals surface area contributed by atoms with E-state index in [0.717, 1.165) is 31.6 Å². The monoisotopic (exact) mass is 343 g/mol. The van der Waals surface area contributed by atoms with E-state index in [1.807, 2.05) is 12.1 Å². The van der Waals surface area contributed by atoms with Gasteiger partial charge in [0.25, 0.3) is 0 Å². The molecule has 2 aliphatic heterocycles. The first-order valence-corrected chi connectivity index (χ1v) is 8.35. The van der Waals surface area contributed by atoms with Crippen LogP contribution in [0.4, 0.5) is 10.5 Å². The highest BCUT2D eigenvalue weighted by Gasteiger charge is 2.40. The second-order valence-corrected chi connectivity index (χ2v) is 6.18. The molecule has 8 nitrogen and oxygen atoms in total. The van der Waals surface area contributed by atoms with Gasteiger partial charge in [0.15, 0.2) is 0 Å². The molecular weight excluding hydrogens is 322 g/mol. The van der Waals surface area contributed by atoms with Crippen molar-refractivity contribution < 1.29 is 14.3 Å². The number of nitriles is 1. The Morgan fingerprint density at radius 3 is 2.68 bits per heavy atom. The van der Waals surface area contributed by atoms with Gasteiger partial charge in [-0.3, -0.25) is 9.69 Å². The van der Waals surface area contributed by atoms with Crippen LogP contribution in [0.1, 0.15) is 18.5 Å². The van der Waals surface area contributed by atoms with Crippen LogP contribution < -0.4 is 4.90 Å². The molecule has 132 valence electrons. The number of hydrogen-bond donors (Lipinski definition) is 0. The summed E-state index contributed by atoms with van der Waals surface area (Å²) in [6, 6.07) is 5.48. The van der Waals surface area contributed by atoms with Crippen molar-refractivity contribution in [2.75, 3.05) is 44.8 Å². The maximum absolute atomic E-state index is 12.5. The lowest BCUT2D eigenvalue weighted by Gasteiger charge is -2.37. The Kier molecular flexibility index (Phi) is 5.14. The van der Waals surface area contributed by atoms with Crippen LogP contribution >= 0.6 is 0 Å². The third-order valence-electron chi connectivity index (χ3n) is 4.74. The van der Waals surface area contributed by atoms with Crippen LogP contribution in [0.3, 0.4) is 0 Å². The van der Waals surface area contributed by atoms with Crippen molar-refractivity contribution in [3.8, 4) is 6.07 Å². The molecule has 3 heterocycles. The van der Waals surface area contributed by atoms with Gasteiger partial charge in [0.1, 0.15) is 18.3 Å². The number of urea groups is 1. The molecule has 1 aromatic heterocycles. The molecular formula is C17H21N5O3. The van der Waals surface area contributed by atoms with E-state index in [9.17, 15) is 9.59 Å². The molecule has 0 atom stereocenters. The zero-order valence-corrected chi connectivity index (χ0v) is 14.2. The molecule has 25 heavy (non-hydrogen) atoms. The van der Waals surface area contributed by atoms with Crippen LogP contribution in [0.15, 0.2) is 18.3 Å². The number of rotatable bonds is 5. The number of ether oxygens (including phenoxy) is 1. The van der Waals surface area contributed by atoms with Gasteiger partial charge >= 0.3 is 6.03 Å². The van der Waals surface area contributed by atoms with Gasteiger partial charge in [0, 0.05) is 26.2 Å². The molecule has 0 bridgehead atoms. The van der Waals surface area contributed by atoms with Crippen LogP contribution in [-0.4, -0.2) is 72.7 Å².